The first-order valence-electron chi connectivity index (χ1n) is 11.9. The maximum Gasteiger partial charge on any atom is 0.418 e. The van der Waals surface area contributed by atoms with Gasteiger partial charge in [0.05, 0.1) is 23.8 Å². The molecule has 5 rings (SSSR count). The van der Waals surface area contributed by atoms with Crippen molar-refractivity contribution in [3.63, 3.8) is 0 Å². The Morgan fingerprint density at radius 3 is 2.47 bits per heavy atom. The molecule has 0 aliphatic carbocycles. The van der Waals surface area contributed by atoms with Crippen molar-refractivity contribution in [1.29, 1.82) is 0 Å². The smallest absolute Gasteiger partial charge is 0.418 e. The predicted molar refractivity (Wildman–Crippen MR) is 142 cm³/mol. The van der Waals surface area contributed by atoms with Gasteiger partial charge in [-0.1, -0.05) is 54.1 Å². The van der Waals surface area contributed by atoms with E-state index in [1.54, 1.807) is 12.1 Å². The molecule has 2 heterocycles. The molecule has 0 spiro atoms. The van der Waals surface area contributed by atoms with Crippen LogP contribution < -0.4 is 10.1 Å². The maximum absolute atomic E-state index is 14.0. The quantitative estimate of drug-likeness (QED) is 0.351. The molecular weight excluding hydrogens is 508 g/mol. The summed E-state index contributed by atoms with van der Waals surface area (Å²) in [5.74, 6) is -0.774. The molecule has 194 valence electrons. The topological polar surface area (TPSA) is 103 Å². The summed E-state index contributed by atoms with van der Waals surface area (Å²) in [5.41, 5.74) is 1.13. The van der Waals surface area contributed by atoms with Crippen LogP contribution in [-0.4, -0.2) is 45.1 Å². The van der Waals surface area contributed by atoms with Gasteiger partial charge in [0.25, 0.3) is 11.8 Å². The fourth-order valence-electron chi connectivity index (χ4n) is 4.47. The molecule has 10 heteroatoms. The van der Waals surface area contributed by atoms with E-state index in [1.165, 1.54) is 27.0 Å². The van der Waals surface area contributed by atoms with Gasteiger partial charge in [-0.2, -0.15) is 0 Å². The Balaban J connectivity index is 1.68. The first-order valence-corrected chi connectivity index (χ1v) is 12.3. The average molecular weight is 533 g/mol. The van der Waals surface area contributed by atoms with Crippen LogP contribution in [0.25, 0.3) is 11.0 Å². The zero-order valence-electron chi connectivity index (χ0n) is 21.0. The van der Waals surface area contributed by atoms with Crippen molar-refractivity contribution in [1.82, 2.24) is 14.5 Å². The number of halogens is 1. The minimum absolute atomic E-state index is 0.205. The summed E-state index contributed by atoms with van der Waals surface area (Å²) in [6.45, 7) is 3.31. The molecule has 1 fully saturated rings. The minimum Gasteiger partial charge on any atom is -0.495 e. The second kappa shape index (κ2) is 9.83. The van der Waals surface area contributed by atoms with E-state index in [4.69, 9.17) is 26.1 Å². The van der Waals surface area contributed by atoms with E-state index in [0.717, 1.165) is 16.0 Å². The van der Waals surface area contributed by atoms with E-state index in [0.29, 0.717) is 22.8 Å². The highest BCUT2D eigenvalue weighted by atomic mass is 35.5. The number of carbonyl (C=O) groups excluding carboxylic acids is 3. The number of ether oxygens (including phenoxy) is 2. The van der Waals surface area contributed by atoms with Crippen molar-refractivity contribution >= 4 is 46.2 Å². The summed E-state index contributed by atoms with van der Waals surface area (Å²) in [5, 5.41) is 3.15. The number of para-hydroxylation sites is 2. The van der Waals surface area contributed by atoms with Gasteiger partial charge in [0.2, 0.25) is 0 Å². The lowest BCUT2D eigenvalue weighted by Gasteiger charge is -2.25. The predicted octanol–water partition coefficient (Wildman–Crippen LogP) is 5.18. The first-order chi connectivity index (χ1) is 18.2. The van der Waals surface area contributed by atoms with Crippen LogP contribution in [0, 0.1) is 0 Å². The Hall–Kier alpha value is -4.37. The summed E-state index contributed by atoms with van der Waals surface area (Å²) >= 11 is 6.17. The summed E-state index contributed by atoms with van der Waals surface area (Å²) in [7, 11) is 1.46. The van der Waals surface area contributed by atoms with Gasteiger partial charge in [0.15, 0.2) is 11.6 Å². The number of nitrogens with one attached hydrogen (secondary N) is 1. The van der Waals surface area contributed by atoms with Crippen molar-refractivity contribution in [3.05, 3.63) is 89.2 Å². The number of benzene rings is 3. The number of carbonyl (C=O) groups is 3. The molecule has 1 saturated heterocycles. The number of hydrogen-bond donors (Lipinski definition) is 1. The van der Waals surface area contributed by atoms with Gasteiger partial charge in [-0.05, 0) is 49.7 Å². The minimum atomic E-state index is -1.45. The molecule has 38 heavy (non-hydrogen) atoms. The number of fused-ring (bicyclic) bond motifs is 1. The van der Waals surface area contributed by atoms with Crippen molar-refractivity contribution in [2.45, 2.75) is 32.0 Å². The number of aromatic nitrogens is 2. The van der Waals surface area contributed by atoms with E-state index in [9.17, 15) is 14.4 Å². The van der Waals surface area contributed by atoms with Crippen LogP contribution >= 0.6 is 11.6 Å². The molecule has 4 aromatic rings. The molecular formula is C28H25ClN4O5. The van der Waals surface area contributed by atoms with Gasteiger partial charge in [-0.15, -0.1) is 0 Å². The van der Waals surface area contributed by atoms with Gasteiger partial charge in [-0.3, -0.25) is 9.59 Å². The zero-order chi connectivity index (χ0) is 27.0. The van der Waals surface area contributed by atoms with Crippen molar-refractivity contribution < 1.29 is 23.9 Å². The Morgan fingerprint density at radius 2 is 1.79 bits per heavy atom. The first kappa shape index (κ1) is 25.3. The summed E-state index contributed by atoms with van der Waals surface area (Å²) in [4.78, 5) is 46.0. The number of cyclic esters (lactones) is 1. The van der Waals surface area contributed by atoms with Crippen LogP contribution in [0.2, 0.25) is 5.02 Å². The average Bonchev–Trinajstić information content (AvgIpc) is 3.34. The number of methoxy groups -OCH3 is 1. The molecule has 0 bridgehead atoms. The largest absolute Gasteiger partial charge is 0.495 e. The summed E-state index contributed by atoms with van der Waals surface area (Å²) in [6.07, 6.45) is -0.934. The van der Waals surface area contributed by atoms with E-state index in [-0.39, 0.29) is 11.5 Å². The number of imide groups is 1. The fraction of sp³-hybridized carbons (Fsp3) is 0.214. The van der Waals surface area contributed by atoms with Gasteiger partial charge < -0.3 is 19.4 Å². The van der Waals surface area contributed by atoms with Crippen LogP contribution in [0.4, 0.5) is 10.5 Å². The molecule has 1 aliphatic heterocycles. The SMILES string of the molecule is COc1ccc(Cl)cc1NC(=O)C(c1nc2ccccc2n1Cc1ccccc1)N1C(=O)OC(C)(C)C1=O. The number of rotatable bonds is 7. The zero-order valence-corrected chi connectivity index (χ0v) is 21.7. The number of anilines is 1. The standard InChI is InChI=1S/C28H25ClN4O5/c1-28(2)26(35)33(27(36)38-28)23(25(34)31-20-15-18(29)13-14-22(20)37-3)24-30-19-11-7-8-12-21(19)32(24)16-17-9-5-4-6-10-17/h4-15,23H,16H2,1-3H3,(H,31,34). The van der Waals surface area contributed by atoms with E-state index >= 15 is 0 Å². The number of hydrogen-bond acceptors (Lipinski definition) is 6. The van der Waals surface area contributed by atoms with Crippen LogP contribution in [0.15, 0.2) is 72.8 Å². The maximum atomic E-state index is 14.0. The number of nitrogens with zero attached hydrogens (tertiary/aromatic N) is 3. The molecule has 1 atom stereocenters. The van der Waals surface area contributed by atoms with Gasteiger partial charge in [0.1, 0.15) is 11.6 Å². The third-order valence-corrected chi connectivity index (χ3v) is 6.55. The molecule has 1 aliphatic rings. The number of imidazole rings is 1. The van der Waals surface area contributed by atoms with Crippen molar-refractivity contribution in [2.24, 2.45) is 0 Å². The Morgan fingerprint density at radius 1 is 1.08 bits per heavy atom. The van der Waals surface area contributed by atoms with Crippen LogP contribution in [0.1, 0.15) is 31.3 Å². The molecule has 1 aromatic heterocycles. The van der Waals surface area contributed by atoms with Crippen LogP contribution in [-0.2, 0) is 20.9 Å². The molecule has 3 amide bonds. The van der Waals surface area contributed by atoms with Gasteiger partial charge >= 0.3 is 6.09 Å². The second-order valence-corrected chi connectivity index (χ2v) is 9.76. The highest BCUT2D eigenvalue weighted by Gasteiger charge is 2.53. The molecule has 1 unspecified atom stereocenters. The van der Waals surface area contributed by atoms with Gasteiger partial charge in [0, 0.05) is 11.6 Å². The Kier molecular flexibility index (Phi) is 6.54. The summed E-state index contributed by atoms with van der Waals surface area (Å²) < 4.78 is 12.5. The highest BCUT2D eigenvalue weighted by molar-refractivity contribution is 6.31. The third-order valence-electron chi connectivity index (χ3n) is 6.31. The molecule has 3 aromatic carbocycles. The number of amides is 3. The Labute approximate surface area is 223 Å². The van der Waals surface area contributed by atoms with E-state index in [1.807, 2.05) is 59.2 Å². The lowest BCUT2D eigenvalue weighted by molar-refractivity contribution is -0.139. The second-order valence-electron chi connectivity index (χ2n) is 9.32. The summed E-state index contributed by atoms with van der Waals surface area (Å²) in [6, 6.07) is 20.3. The normalized spacial score (nSPS) is 15.4. The molecule has 1 N–H and O–H groups in total. The molecule has 9 nitrogen and oxygen atoms in total. The lowest BCUT2D eigenvalue weighted by Crippen LogP contribution is -2.44. The van der Waals surface area contributed by atoms with Crippen molar-refractivity contribution in [2.75, 3.05) is 12.4 Å². The fourth-order valence-corrected chi connectivity index (χ4v) is 4.64. The van der Waals surface area contributed by atoms with E-state index < -0.39 is 29.6 Å². The third kappa shape index (κ3) is 4.56. The highest BCUT2D eigenvalue weighted by Crippen LogP contribution is 2.36. The molecule has 0 saturated carbocycles. The van der Waals surface area contributed by atoms with E-state index in [2.05, 4.69) is 5.32 Å². The lowest BCUT2D eigenvalue weighted by atomic mass is 10.1. The Bertz CT molecular complexity index is 1550. The van der Waals surface area contributed by atoms with Gasteiger partial charge in [-0.25, -0.2) is 14.7 Å². The van der Waals surface area contributed by atoms with Crippen molar-refractivity contribution in [3.8, 4) is 5.75 Å². The monoisotopic (exact) mass is 532 g/mol. The molecule has 0 radical (unpaired) electrons. The van der Waals surface area contributed by atoms with Crippen LogP contribution in [0.3, 0.4) is 0 Å². The van der Waals surface area contributed by atoms with Crippen LogP contribution in [0.5, 0.6) is 5.75 Å².